The third-order valence-electron chi connectivity index (χ3n) is 5.26. The van der Waals surface area contributed by atoms with Crippen molar-refractivity contribution in [3.8, 4) is 0 Å². The molecule has 0 aliphatic carbocycles. The Kier molecular flexibility index (Phi) is 6.67. The molecule has 1 heterocycles. The summed E-state index contributed by atoms with van der Waals surface area (Å²) in [4.78, 5) is 25.7. The average Bonchev–Trinajstić information content (AvgIpc) is 2.72. The van der Waals surface area contributed by atoms with Crippen LogP contribution < -0.4 is 10.0 Å². The molecule has 1 fully saturated rings. The Balaban J connectivity index is 1.76. The number of amides is 2. The smallest absolute Gasteiger partial charge is 0.253 e. The SMILES string of the molecule is CS(=O)(=O)N(Cc1ccccc1Cl)c1ccc(C(=O)N2CCC(C(N)=O)CC2)cc1. The van der Waals surface area contributed by atoms with Crippen molar-refractivity contribution in [2.45, 2.75) is 19.4 Å². The predicted molar refractivity (Wildman–Crippen MR) is 117 cm³/mol. The number of anilines is 1. The van der Waals surface area contributed by atoms with Crippen LogP contribution in [-0.4, -0.2) is 44.5 Å². The van der Waals surface area contributed by atoms with E-state index in [0.29, 0.717) is 47.8 Å². The van der Waals surface area contributed by atoms with Crippen LogP contribution >= 0.6 is 11.6 Å². The number of carbonyl (C=O) groups is 2. The van der Waals surface area contributed by atoms with Crippen molar-refractivity contribution >= 4 is 39.1 Å². The van der Waals surface area contributed by atoms with Gasteiger partial charge in [-0.15, -0.1) is 0 Å². The maximum atomic E-state index is 12.8. The van der Waals surface area contributed by atoms with E-state index in [1.54, 1.807) is 53.4 Å². The molecule has 7 nitrogen and oxygen atoms in total. The fourth-order valence-corrected chi connectivity index (χ4v) is 4.58. The molecular formula is C21H24ClN3O4S. The number of piperidine rings is 1. The number of benzene rings is 2. The Bertz CT molecular complexity index is 1030. The van der Waals surface area contributed by atoms with Crippen molar-refractivity contribution < 1.29 is 18.0 Å². The molecular weight excluding hydrogens is 426 g/mol. The number of sulfonamides is 1. The summed E-state index contributed by atoms with van der Waals surface area (Å²) in [6.45, 7) is 1.03. The lowest BCUT2D eigenvalue weighted by atomic mass is 9.96. The highest BCUT2D eigenvalue weighted by Gasteiger charge is 2.27. The van der Waals surface area contributed by atoms with Crippen LogP contribution in [0, 0.1) is 5.92 Å². The van der Waals surface area contributed by atoms with E-state index in [-0.39, 0.29) is 24.3 Å². The van der Waals surface area contributed by atoms with Gasteiger partial charge in [0, 0.05) is 29.6 Å². The first-order chi connectivity index (χ1) is 14.2. The Labute approximate surface area is 181 Å². The molecule has 2 aromatic rings. The molecule has 0 radical (unpaired) electrons. The van der Waals surface area contributed by atoms with Gasteiger partial charge in [0.1, 0.15) is 0 Å². The Hall–Kier alpha value is -2.58. The van der Waals surface area contributed by atoms with Gasteiger partial charge < -0.3 is 10.6 Å². The molecule has 0 aromatic heterocycles. The first kappa shape index (κ1) is 22.1. The van der Waals surface area contributed by atoms with Crippen LogP contribution in [0.4, 0.5) is 5.69 Å². The number of halogens is 1. The molecule has 1 aliphatic rings. The van der Waals surface area contributed by atoms with Crippen molar-refractivity contribution in [1.82, 2.24) is 4.90 Å². The van der Waals surface area contributed by atoms with Crippen LogP contribution in [0.5, 0.6) is 0 Å². The third-order valence-corrected chi connectivity index (χ3v) is 6.77. The fourth-order valence-electron chi connectivity index (χ4n) is 3.50. The molecule has 1 saturated heterocycles. The van der Waals surface area contributed by atoms with Gasteiger partial charge in [0.25, 0.3) is 5.91 Å². The predicted octanol–water partition coefficient (Wildman–Crippen LogP) is 2.64. The Morgan fingerprint density at radius 2 is 1.70 bits per heavy atom. The minimum Gasteiger partial charge on any atom is -0.369 e. The highest BCUT2D eigenvalue weighted by molar-refractivity contribution is 7.92. The van der Waals surface area contributed by atoms with E-state index in [9.17, 15) is 18.0 Å². The highest BCUT2D eigenvalue weighted by atomic mass is 35.5. The number of rotatable bonds is 6. The lowest BCUT2D eigenvalue weighted by molar-refractivity contribution is -0.123. The van der Waals surface area contributed by atoms with Gasteiger partial charge in [-0.1, -0.05) is 29.8 Å². The molecule has 160 valence electrons. The van der Waals surface area contributed by atoms with Gasteiger partial charge in [-0.05, 0) is 48.7 Å². The molecule has 0 spiro atoms. The zero-order chi connectivity index (χ0) is 21.9. The van der Waals surface area contributed by atoms with Crippen molar-refractivity contribution in [3.63, 3.8) is 0 Å². The second kappa shape index (κ2) is 9.06. The van der Waals surface area contributed by atoms with E-state index in [4.69, 9.17) is 17.3 Å². The Morgan fingerprint density at radius 3 is 2.23 bits per heavy atom. The summed E-state index contributed by atoms with van der Waals surface area (Å²) in [5, 5.41) is 0.484. The van der Waals surface area contributed by atoms with E-state index in [1.165, 1.54) is 4.31 Å². The van der Waals surface area contributed by atoms with Crippen molar-refractivity contribution in [2.75, 3.05) is 23.7 Å². The number of likely N-dealkylation sites (tertiary alicyclic amines) is 1. The summed E-state index contributed by atoms with van der Waals surface area (Å²) in [6.07, 6.45) is 2.24. The molecule has 0 atom stereocenters. The van der Waals surface area contributed by atoms with Crippen molar-refractivity contribution in [3.05, 3.63) is 64.7 Å². The molecule has 0 bridgehead atoms. The van der Waals surface area contributed by atoms with E-state index in [0.717, 1.165) is 6.26 Å². The van der Waals surface area contributed by atoms with Crippen molar-refractivity contribution in [2.24, 2.45) is 11.7 Å². The molecule has 2 aromatic carbocycles. The molecule has 9 heteroatoms. The topological polar surface area (TPSA) is 101 Å². The lowest BCUT2D eigenvalue weighted by Crippen LogP contribution is -2.41. The molecule has 2 N–H and O–H groups in total. The summed E-state index contributed by atoms with van der Waals surface area (Å²) in [5.74, 6) is -0.670. The first-order valence-corrected chi connectivity index (χ1v) is 11.8. The largest absolute Gasteiger partial charge is 0.369 e. The van der Waals surface area contributed by atoms with Crippen molar-refractivity contribution in [1.29, 1.82) is 0 Å². The number of primary amides is 1. The van der Waals surface area contributed by atoms with Gasteiger partial charge in [-0.2, -0.15) is 0 Å². The van der Waals surface area contributed by atoms with Gasteiger partial charge in [0.15, 0.2) is 0 Å². The maximum Gasteiger partial charge on any atom is 0.253 e. The number of nitrogens with zero attached hydrogens (tertiary/aromatic N) is 2. The van der Waals surface area contributed by atoms with Gasteiger partial charge in [0.2, 0.25) is 15.9 Å². The molecule has 0 saturated carbocycles. The van der Waals surface area contributed by atoms with E-state index >= 15 is 0 Å². The second-order valence-electron chi connectivity index (χ2n) is 7.38. The van der Waals surface area contributed by atoms with Crippen LogP contribution in [0.2, 0.25) is 5.02 Å². The first-order valence-electron chi connectivity index (χ1n) is 9.56. The van der Waals surface area contributed by atoms with Gasteiger partial charge >= 0.3 is 0 Å². The number of nitrogens with two attached hydrogens (primary N) is 1. The number of carbonyl (C=O) groups excluding carboxylic acids is 2. The normalized spacial score (nSPS) is 15.1. The van der Waals surface area contributed by atoms with Gasteiger partial charge in [-0.25, -0.2) is 8.42 Å². The molecule has 3 rings (SSSR count). The standard InChI is InChI=1S/C21H24ClN3O4S/c1-30(28,29)25(14-17-4-2-3-5-19(17)22)18-8-6-16(7-9-18)21(27)24-12-10-15(11-13-24)20(23)26/h2-9,15H,10-14H2,1H3,(H2,23,26). The molecule has 30 heavy (non-hydrogen) atoms. The summed E-state index contributed by atoms with van der Waals surface area (Å²) >= 11 is 6.19. The lowest BCUT2D eigenvalue weighted by Gasteiger charge is -2.30. The number of hydrogen-bond donors (Lipinski definition) is 1. The number of hydrogen-bond acceptors (Lipinski definition) is 4. The van der Waals surface area contributed by atoms with Crippen LogP contribution in [-0.2, 0) is 21.4 Å². The zero-order valence-corrected chi connectivity index (χ0v) is 18.2. The van der Waals surface area contributed by atoms with Crippen LogP contribution in [0.25, 0.3) is 0 Å². The van der Waals surface area contributed by atoms with E-state index in [2.05, 4.69) is 0 Å². The third kappa shape index (κ3) is 5.12. The molecule has 0 unspecified atom stereocenters. The van der Waals surface area contributed by atoms with Crippen LogP contribution in [0.15, 0.2) is 48.5 Å². The summed E-state index contributed by atoms with van der Waals surface area (Å²) in [5.41, 5.74) is 6.93. The summed E-state index contributed by atoms with van der Waals surface area (Å²) in [6, 6.07) is 13.5. The molecule has 2 amide bonds. The quantitative estimate of drug-likeness (QED) is 0.732. The summed E-state index contributed by atoms with van der Waals surface area (Å²) < 4.78 is 26.0. The maximum absolute atomic E-state index is 12.8. The van der Waals surface area contributed by atoms with Crippen LogP contribution in [0.3, 0.4) is 0 Å². The average molecular weight is 450 g/mol. The van der Waals surface area contributed by atoms with E-state index in [1.807, 2.05) is 0 Å². The molecule has 1 aliphatic heterocycles. The Morgan fingerprint density at radius 1 is 1.10 bits per heavy atom. The van der Waals surface area contributed by atoms with E-state index < -0.39 is 10.0 Å². The second-order valence-corrected chi connectivity index (χ2v) is 9.69. The zero-order valence-electron chi connectivity index (χ0n) is 16.6. The van der Waals surface area contributed by atoms with Crippen LogP contribution in [0.1, 0.15) is 28.8 Å². The monoisotopic (exact) mass is 449 g/mol. The summed E-state index contributed by atoms with van der Waals surface area (Å²) in [7, 11) is -3.57. The van der Waals surface area contributed by atoms with Gasteiger partial charge in [0.05, 0.1) is 18.5 Å². The minimum atomic E-state index is -3.57. The highest BCUT2D eigenvalue weighted by Crippen LogP contribution is 2.25. The fraction of sp³-hybridized carbons (Fsp3) is 0.333. The minimum absolute atomic E-state index is 0.0897. The van der Waals surface area contributed by atoms with Gasteiger partial charge in [-0.3, -0.25) is 13.9 Å².